The number of hydrogen-bond donors (Lipinski definition) is 0. The molecule has 0 radical (unpaired) electrons. The summed E-state index contributed by atoms with van der Waals surface area (Å²) in [6.07, 6.45) is 21.3. The van der Waals surface area contributed by atoms with Crippen molar-refractivity contribution >= 4 is 28.6 Å². The maximum Gasteiger partial charge on any atom is 0.235 e. The number of aromatic nitrogens is 3. The van der Waals surface area contributed by atoms with E-state index < -0.39 is 0 Å². The van der Waals surface area contributed by atoms with Gasteiger partial charge in [0.15, 0.2) is 0 Å². The molecule has 0 spiro atoms. The van der Waals surface area contributed by atoms with Crippen LogP contribution in [0.5, 0.6) is 0 Å². The summed E-state index contributed by atoms with van der Waals surface area (Å²) in [7, 11) is 0. The van der Waals surface area contributed by atoms with Gasteiger partial charge in [0.25, 0.3) is 0 Å². The van der Waals surface area contributed by atoms with Gasteiger partial charge in [-0.15, -0.1) is 0 Å². The van der Waals surface area contributed by atoms with Crippen molar-refractivity contribution in [2.24, 2.45) is 0 Å². The average molecular weight is 672 g/mol. The molecular weight excluding hydrogens is 635 g/mol. The van der Waals surface area contributed by atoms with Crippen LogP contribution in [0.25, 0.3) is 28.1 Å². The molecule has 0 amide bonds. The molecule has 0 fully saturated rings. The lowest BCUT2D eigenvalue weighted by Gasteiger charge is -2.22. The summed E-state index contributed by atoms with van der Waals surface area (Å²) in [6, 6.07) is 42.4. The zero-order chi connectivity index (χ0) is 34.9. The van der Waals surface area contributed by atoms with E-state index in [0.717, 1.165) is 58.1 Å². The molecule has 1 unspecified atom stereocenters. The van der Waals surface area contributed by atoms with E-state index in [1.807, 2.05) is 24.5 Å². The molecule has 4 heterocycles. The van der Waals surface area contributed by atoms with Crippen molar-refractivity contribution < 1.29 is 0 Å². The minimum atomic E-state index is 0.105. The second kappa shape index (κ2) is 13.6. The molecular formula is C47H37N5. The van der Waals surface area contributed by atoms with Gasteiger partial charge in [-0.3, -0.25) is 9.88 Å². The minimum Gasteiger partial charge on any atom is -0.311 e. The van der Waals surface area contributed by atoms with E-state index >= 15 is 0 Å². The molecule has 2 aliphatic heterocycles. The molecule has 0 saturated heterocycles. The normalized spacial score (nSPS) is 16.8. The van der Waals surface area contributed by atoms with Crippen molar-refractivity contribution in [3.63, 3.8) is 0 Å². The number of anilines is 4. The molecule has 250 valence electrons. The third-order valence-corrected chi connectivity index (χ3v) is 9.92. The average Bonchev–Trinajstić information content (AvgIpc) is 3.63. The molecule has 5 heteroatoms. The van der Waals surface area contributed by atoms with Crippen molar-refractivity contribution in [1.82, 2.24) is 15.0 Å². The van der Waals surface area contributed by atoms with Gasteiger partial charge in [-0.2, -0.15) is 0 Å². The van der Waals surface area contributed by atoms with Crippen LogP contribution >= 0.6 is 0 Å². The smallest absolute Gasteiger partial charge is 0.235 e. The summed E-state index contributed by atoms with van der Waals surface area (Å²) >= 11 is 0. The SMILES string of the molecule is CC/C=C\C=C1/Cc2cc(C3=CC4C(=CC=C3)N(c3ccccc3)c3cnccc34)ccc2N1c1nc(-c2ccccc2)cc(-c2ccccc2)n1. The van der Waals surface area contributed by atoms with Crippen LogP contribution in [0, 0.1) is 0 Å². The molecule has 0 saturated carbocycles. The molecule has 3 aliphatic rings. The van der Waals surface area contributed by atoms with Crippen molar-refractivity contribution in [1.29, 1.82) is 0 Å². The van der Waals surface area contributed by atoms with Gasteiger partial charge < -0.3 is 4.90 Å². The van der Waals surface area contributed by atoms with E-state index in [-0.39, 0.29) is 5.92 Å². The second-order valence-electron chi connectivity index (χ2n) is 13.2. The number of nitrogens with zero attached hydrogens (tertiary/aromatic N) is 5. The lowest BCUT2D eigenvalue weighted by Crippen LogP contribution is -2.15. The summed E-state index contributed by atoms with van der Waals surface area (Å²) in [4.78, 5) is 19.5. The fourth-order valence-corrected chi connectivity index (χ4v) is 7.47. The Balaban J connectivity index is 1.13. The highest BCUT2D eigenvalue weighted by molar-refractivity contribution is 5.86. The van der Waals surface area contributed by atoms with E-state index in [9.17, 15) is 0 Å². The lowest BCUT2D eigenvalue weighted by molar-refractivity contribution is 1.02. The van der Waals surface area contributed by atoms with Gasteiger partial charge in [-0.05, 0) is 77.2 Å². The second-order valence-corrected chi connectivity index (χ2v) is 13.2. The molecule has 4 aromatic carbocycles. The highest BCUT2D eigenvalue weighted by atomic mass is 15.3. The summed E-state index contributed by atoms with van der Waals surface area (Å²) in [6.45, 7) is 2.16. The van der Waals surface area contributed by atoms with Gasteiger partial charge in [0, 0.05) is 46.7 Å². The van der Waals surface area contributed by atoms with Crippen LogP contribution < -0.4 is 9.80 Å². The van der Waals surface area contributed by atoms with Crippen molar-refractivity contribution in [2.45, 2.75) is 25.7 Å². The number of hydrogen-bond acceptors (Lipinski definition) is 5. The number of para-hydroxylation sites is 1. The Bertz CT molecular complexity index is 2370. The fourth-order valence-electron chi connectivity index (χ4n) is 7.47. The number of pyridine rings is 1. The van der Waals surface area contributed by atoms with E-state index in [1.54, 1.807) is 0 Å². The van der Waals surface area contributed by atoms with Gasteiger partial charge in [-0.25, -0.2) is 9.97 Å². The first-order valence-corrected chi connectivity index (χ1v) is 17.9. The monoisotopic (exact) mass is 671 g/mol. The highest BCUT2D eigenvalue weighted by Crippen LogP contribution is 2.50. The van der Waals surface area contributed by atoms with Crippen molar-refractivity contribution in [2.75, 3.05) is 9.80 Å². The minimum absolute atomic E-state index is 0.105. The van der Waals surface area contributed by atoms with Gasteiger partial charge in [-0.1, -0.05) is 122 Å². The van der Waals surface area contributed by atoms with Crippen LogP contribution in [0.15, 0.2) is 188 Å². The first-order valence-electron chi connectivity index (χ1n) is 17.9. The summed E-state index contributed by atoms with van der Waals surface area (Å²) in [5.41, 5.74) is 14.5. The van der Waals surface area contributed by atoms with Crippen molar-refractivity contribution in [3.8, 4) is 22.5 Å². The lowest BCUT2D eigenvalue weighted by atomic mass is 9.94. The molecule has 52 heavy (non-hydrogen) atoms. The van der Waals surface area contributed by atoms with Crippen LogP contribution in [-0.4, -0.2) is 15.0 Å². The summed E-state index contributed by atoms with van der Waals surface area (Å²) in [5, 5.41) is 0. The van der Waals surface area contributed by atoms with Crippen molar-refractivity contribution in [3.05, 3.63) is 204 Å². The first kappa shape index (κ1) is 31.4. The molecule has 5 nitrogen and oxygen atoms in total. The van der Waals surface area contributed by atoms with Crippen LogP contribution in [0.4, 0.5) is 23.0 Å². The first-order chi connectivity index (χ1) is 25.7. The van der Waals surface area contributed by atoms with E-state index in [0.29, 0.717) is 5.95 Å². The molecule has 2 aromatic heterocycles. The van der Waals surface area contributed by atoms with Crippen LogP contribution in [-0.2, 0) is 6.42 Å². The maximum absolute atomic E-state index is 5.21. The van der Waals surface area contributed by atoms with Gasteiger partial charge in [0.2, 0.25) is 5.95 Å². The molecule has 9 rings (SSSR count). The zero-order valence-corrected chi connectivity index (χ0v) is 29.0. The van der Waals surface area contributed by atoms with Gasteiger partial charge in [0.1, 0.15) is 0 Å². The predicted molar refractivity (Wildman–Crippen MR) is 213 cm³/mol. The third kappa shape index (κ3) is 5.76. The fraction of sp³-hybridized carbons (Fsp3) is 0.0851. The van der Waals surface area contributed by atoms with Gasteiger partial charge in [0.05, 0.1) is 29.0 Å². The molecule has 1 aliphatic carbocycles. The Morgan fingerprint density at radius 3 is 2.15 bits per heavy atom. The van der Waals surface area contributed by atoms with Gasteiger partial charge >= 0.3 is 0 Å². The Labute approximate surface area is 305 Å². The standard InChI is InChI=1S/C47H37N5/c1-2-3-7-22-39-29-37-28-36(35-19-14-23-45-41(30-35)40-26-27-48-32-46(40)51(45)38-20-12-6-13-21-38)24-25-44(37)52(39)47-49-42(33-15-8-4-9-16-33)31-43(50-47)34-17-10-5-11-18-34/h3-28,30-32,41H,2,29H2,1H3/b7-3-,39-22+. The Morgan fingerprint density at radius 2 is 1.44 bits per heavy atom. The van der Waals surface area contributed by atoms with Crippen LogP contribution in [0.2, 0.25) is 0 Å². The number of fused-ring (bicyclic) bond motifs is 4. The highest BCUT2D eigenvalue weighted by Gasteiger charge is 2.35. The largest absolute Gasteiger partial charge is 0.311 e. The Kier molecular flexibility index (Phi) is 8.22. The third-order valence-electron chi connectivity index (χ3n) is 9.92. The summed E-state index contributed by atoms with van der Waals surface area (Å²) < 4.78 is 0. The predicted octanol–water partition coefficient (Wildman–Crippen LogP) is 11.5. The topological polar surface area (TPSA) is 45.2 Å². The number of benzene rings is 4. The summed E-state index contributed by atoms with van der Waals surface area (Å²) in [5.74, 6) is 0.774. The van der Waals surface area contributed by atoms with E-state index in [2.05, 4.69) is 173 Å². The molecule has 0 N–H and O–H groups in total. The quantitative estimate of drug-likeness (QED) is 0.169. The number of allylic oxidation sites excluding steroid dienone is 9. The molecule has 6 aromatic rings. The van der Waals surface area contributed by atoms with E-state index in [1.165, 1.54) is 28.0 Å². The Hall–Kier alpha value is -6.59. The Morgan fingerprint density at radius 1 is 0.731 bits per heavy atom. The zero-order valence-electron chi connectivity index (χ0n) is 29.0. The van der Waals surface area contributed by atoms with Crippen LogP contribution in [0.3, 0.4) is 0 Å². The molecule has 1 atom stereocenters. The number of rotatable bonds is 7. The maximum atomic E-state index is 5.21. The van der Waals surface area contributed by atoms with Crippen LogP contribution in [0.1, 0.15) is 36.0 Å². The molecule has 0 bridgehead atoms. The van der Waals surface area contributed by atoms with E-state index in [4.69, 9.17) is 9.97 Å².